The van der Waals surface area contributed by atoms with Crippen molar-refractivity contribution in [3.63, 3.8) is 0 Å². The molecule has 0 aliphatic heterocycles. The fourth-order valence-corrected chi connectivity index (χ4v) is 4.50. The zero-order valence-corrected chi connectivity index (χ0v) is 22.7. The number of ether oxygens (including phenoxy) is 1. The SMILES string of the molecule is O=C(Cc1csc(Nc2cccc(C(F)(F)F)c2)n1)N/N=C\c1cc(Br)ccc1OCc1cccc([N+](=O)[O-])c1. The van der Waals surface area contributed by atoms with Crippen LogP contribution in [0.15, 0.2) is 81.7 Å². The summed E-state index contributed by atoms with van der Waals surface area (Å²) in [5, 5.41) is 19.7. The Bertz CT molecular complexity index is 1560. The molecule has 4 rings (SSSR count). The number of nitrogens with zero attached hydrogens (tertiary/aromatic N) is 3. The molecule has 9 nitrogen and oxygen atoms in total. The van der Waals surface area contributed by atoms with Gasteiger partial charge in [0.05, 0.1) is 28.8 Å². The summed E-state index contributed by atoms with van der Waals surface area (Å²) in [5.41, 5.74) is 3.37. The lowest BCUT2D eigenvalue weighted by Gasteiger charge is -2.10. The Labute approximate surface area is 238 Å². The average Bonchev–Trinajstić information content (AvgIpc) is 3.34. The van der Waals surface area contributed by atoms with Crippen LogP contribution in [-0.2, 0) is 24.0 Å². The smallest absolute Gasteiger partial charge is 0.416 e. The van der Waals surface area contributed by atoms with Gasteiger partial charge >= 0.3 is 6.18 Å². The Kier molecular flexibility index (Phi) is 9.11. The van der Waals surface area contributed by atoms with Gasteiger partial charge in [0.15, 0.2) is 5.13 Å². The maximum atomic E-state index is 12.9. The van der Waals surface area contributed by atoms with Crippen LogP contribution in [0.25, 0.3) is 0 Å². The summed E-state index contributed by atoms with van der Waals surface area (Å²) in [6.45, 7) is 0.0806. The minimum absolute atomic E-state index is 0.0416. The quantitative estimate of drug-likeness (QED) is 0.112. The molecule has 0 unspecified atom stereocenters. The number of nitro groups is 1. The third-order valence-electron chi connectivity index (χ3n) is 5.22. The summed E-state index contributed by atoms with van der Waals surface area (Å²) < 4.78 is 45.3. The first kappa shape index (κ1) is 28.7. The Balaban J connectivity index is 1.34. The van der Waals surface area contributed by atoms with Crippen molar-refractivity contribution in [3.8, 4) is 5.75 Å². The minimum Gasteiger partial charge on any atom is -0.488 e. The number of thiazole rings is 1. The summed E-state index contributed by atoms with van der Waals surface area (Å²) in [6.07, 6.45) is -3.17. The molecule has 0 aliphatic rings. The number of benzene rings is 3. The van der Waals surface area contributed by atoms with Gasteiger partial charge in [0.25, 0.3) is 5.69 Å². The molecular weight excluding hydrogens is 615 g/mol. The number of anilines is 2. The number of nitrogens with one attached hydrogen (secondary N) is 2. The van der Waals surface area contributed by atoms with E-state index in [4.69, 9.17) is 4.74 Å². The molecule has 0 fully saturated rings. The third kappa shape index (κ3) is 8.10. The van der Waals surface area contributed by atoms with Gasteiger partial charge in [-0.1, -0.05) is 34.1 Å². The number of rotatable bonds is 10. The molecule has 206 valence electrons. The van der Waals surface area contributed by atoms with Crippen LogP contribution in [0.5, 0.6) is 5.75 Å². The van der Waals surface area contributed by atoms with E-state index < -0.39 is 22.6 Å². The van der Waals surface area contributed by atoms with Gasteiger partial charge in [-0.2, -0.15) is 18.3 Å². The predicted molar refractivity (Wildman–Crippen MR) is 148 cm³/mol. The van der Waals surface area contributed by atoms with E-state index in [-0.39, 0.29) is 24.4 Å². The van der Waals surface area contributed by atoms with E-state index >= 15 is 0 Å². The van der Waals surface area contributed by atoms with Crippen molar-refractivity contribution >= 4 is 55.9 Å². The van der Waals surface area contributed by atoms with Crippen molar-refractivity contribution in [3.05, 3.63) is 109 Å². The molecule has 0 atom stereocenters. The van der Waals surface area contributed by atoms with E-state index in [9.17, 15) is 28.1 Å². The highest BCUT2D eigenvalue weighted by Crippen LogP contribution is 2.32. The number of halogens is 4. The van der Waals surface area contributed by atoms with Crippen LogP contribution in [-0.4, -0.2) is 22.0 Å². The van der Waals surface area contributed by atoms with Crippen LogP contribution in [0.1, 0.15) is 22.4 Å². The number of carbonyl (C=O) groups is 1. The highest BCUT2D eigenvalue weighted by Gasteiger charge is 2.30. The summed E-state index contributed by atoms with van der Waals surface area (Å²) in [4.78, 5) is 27.1. The van der Waals surface area contributed by atoms with Crippen molar-refractivity contribution in [1.82, 2.24) is 10.4 Å². The minimum atomic E-state index is -4.46. The van der Waals surface area contributed by atoms with Gasteiger partial charge in [0, 0.05) is 33.2 Å². The second-order valence-corrected chi connectivity index (χ2v) is 9.99. The lowest BCUT2D eigenvalue weighted by Crippen LogP contribution is -2.20. The summed E-state index contributed by atoms with van der Waals surface area (Å²) in [6, 6.07) is 16.0. The first-order valence-corrected chi connectivity index (χ1v) is 13.1. The van der Waals surface area contributed by atoms with E-state index in [1.54, 1.807) is 35.7 Å². The lowest BCUT2D eigenvalue weighted by atomic mass is 10.2. The summed E-state index contributed by atoms with van der Waals surface area (Å²) in [5.74, 6) is -0.0151. The number of hydrogen-bond donors (Lipinski definition) is 2. The van der Waals surface area contributed by atoms with E-state index in [2.05, 4.69) is 36.8 Å². The molecule has 2 N–H and O–H groups in total. The average molecular weight is 634 g/mol. The molecule has 4 aromatic rings. The van der Waals surface area contributed by atoms with Crippen LogP contribution in [0, 0.1) is 10.1 Å². The van der Waals surface area contributed by atoms with Crippen LogP contribution in [0.2, 0.25) is 0 Å². The van der Waals surface area contributed by atoms with Gasteiger partial charge in [-0.25, -0.2) is 10.4 Å². The molecule has 3 aromatic carbocycles. The normalized spacial score (nSPS) is 11.4. The van der Waals surface area contributed by atoms with Crippen molar-refractivity contribution in [2.75, 3.05) is 5.32 Å². The van der Waals surface area contributed by atoms with Crippen molar-refractivity contribution in [1.29, 1.82) is 0 Å². The Morgan fingerprint density at radius 2 is 1.95 bits per heavy atom. The first-order chi connectivity index (χ1) is 19.1. The van der Waals surface area contributed by atoms with Crippen LogP contribution < -0.4 is 15.5 Å². The van der Waals surface area contributed by atoms with Gasteiger partial charge < -0.3 is 10.1 Å². The summed E-state index contributed by atoms with van der Waals surface area (Å²) >= 11 is 4.52. The van der Waals surface area contributed by atoms with Crippen molar-refractivity contribution < 1.29 is 27.6 Å². The maximum Gasteiger partial charge on any atom is 0.416 e. The molecular formula is C26H19BrF3N5O4S. The second kappa shape index (κ2) is 12.7. The summed E-state index contributed by atoms with van der Waals surface area (Å²) in [7, 11) is 0. The fourth-order valence-electron chi connectivity index (χ4n) is 3.39. The zero-order chi connectivity index (χ0) is 28.7. The molecule has 0 bridgehead atoms. The predicted octanol–water partition coefficient (Wildman–Crippen LogP) is 6.85. The first-order valence-electron chi connectivity index (χ1n) is 11.4. The molecule has 0 radical (unpaired) electrons. The van der Waals surface area contributed by atoms with E-state index in [1.807, 2.05) is 0 Å². The van der Waals surface area contributed by atoms with Gasteiger partial charge in [0.2, 0.25) is 5.91 Å². The van der Waals surface area contributed by atoms with E-state index in [0.717, 1.165) is 27.9 Å². The second-order valence-electron chi connectivity index (χ2n) is 8.22. The van der Waals surface area contributed by atoms with Crippen LogP contribution in [0.3, 0.4) is 0 Å². The van der Waals surface area contributed by atoms with E-state index in [1.165, 1.54) is 30.5 Å². The van der Waals surface area contributed by atoms with E-state index in [0.29, 0.717) is 27.7 Å². The highest BCUT2D eigenvalue weighted by atomic mass is 79.9. The maximum absolute atomic E-state index is 12.9. The Morgan fingerprint density at radius 3 is 2.73 bits per heavy atom. The van der Waals surface area contributed by atoms with Gasteiger partial charge in [-0.15, -0.1) is 11.3 Å². The monoisotopic (exact) mass is 633 g/mol. The van der Waals surface area contributed by atoms with Crippen molar-refractivity contribution in [2.45, 2.75) is 19.2 Å². The van der Waals surface area contributed by atoms with Crippen molar-refractivity contribution in [2.24, 2.45) is 5.10 Å². The molecule has 1 aromatic heterocycles. The number of alkyl halides is 3. The Morgan fingerprint density at radius 1 is 1.15 bits per heavy atom. The molecule has 14 heteroatoms. The number of aromatic nitrogens is 1. The van der Waals surface area contributed by atoms with Gasteiger partial charge in [-0.3, -0.25) is 14.9 Å². The third-order valence-corrected chi connectivity index (χ3v) is 6.51. The number of amides is 1. The van der Waals surface area contributed by atoms with Gasteiger partial charge in [-0.05, 0) is 42.0 Å². The number of hydrogen-bond acceptors (Lipinski definition) is 8. The number of nitro benzene ring substituents is 1. The molecule has 0 spiro atoms. The molecule has 1 heterocycles. The molecule has 0 saturated carbocycles. The largest absolute Gasteiger partial charge is 0.488 e. The highest BCUT2D eigenvalue weighted by molar-refractivity contribution is 9.10. The molecule has 0 aliphatic carbocycles. The lowest BCUT2D eigenvalue weighted by molar-refractivity contribution is -0.384. The van der Waals surface area contributed by atoms with Gasteiger partial charge in [0.1, 0.15) is 12.4 Å². The molecule has 1 amide bonds. The van der Waals surface area contributed by atoms with Crippen LogP contribution >= 0.6 is 27.3 Å². The Hall–Kier alpha value is -4.30. The molecule has 0 saturated heterocycles. The number of carbonyl (C=O) groups excluding carboxylic acids is 1. The zero-order valence-electron chi connectivity index (χ0n) is 20.3. The number of hydrazone groups is 1. The topological polar surface area (TPSA) is 119 Å². The molecule has 40 heavy (non-hydrogen) atoms. The number of non-ortho nitro benzene ring substituents is 1. The fraction of sp³-hybridized carbons (Fsp3) is 0.115. The standard InChI is InChI=1S/C26H19BrF3N5O4S/c27-19-7-8-23(39-14-16-3-1-6-22(9-16)35(37)38)17(10-19)13-31-34-24(36)12-21-15-40-25(33-21)32-20-5-2-4-18(11-20)26(28,29)30/h1-11,13,15H,12,14H2,(H,32,33)(H,34,36)/b31-13-. The van der Waals surface area contributed by atoms with Crippen LogP contribution in [0.4, 0.5) is 29.7 Å².